The Hall–Kier alpha value is -1.81. The number of H-pyrrole nitrogens is 1. The van der Waals surface area contributed by atoms with Gasteiger partial charge in [0.15, 0.2) is 0 Å². The summed E-state index contributed by atoms with van der Waals surface area (Å²) in [5.41, 5.74) is 4.87. The molecule has 0 bridgehead atoms. The van der Waals surface area contributed by atoms with Gasteiger partial charge in [-0.05, 0) is 25.1 Å². The van der Waals surface area contributed by atoms with Crippen LogP contribution in [0.5, 0.6) is 0 Å². The molecule has 4 rings (SSSR count). The van der Waals surface area contributed by atoms with Crippen molar-refractivity contribution in [3.05, 3.63) is 29.7 Å². The summed E-state index contributed by atoms with van der Waals surface area (Å²) in [4.78, 5) is 7.80. The maximum Gasteiger partial charge on any atom is 0.104 e. The van der Waals surface area contributed by atoms with Crippen LogP contribution in [0.3, 0.4) is 0 Å². The van der Waals surface area contributed by atoms with Crippen LogP contribution in [0, 0.1) is 6.92 Å². The highest BCUT2D eigenvalue weighted by atomic mass is 15.1. The fourth-order valence-corrected chi connectivity index (χ4v) is 2.77. The molecule has 4 heteroatoms. The van der Waals surface area contributed by atoms with Crippen molar-refractivity contribution in [2.24, 2.45) is 0 Å². The van der Waals surface area contributed by atoms with E-state index in [4.69, 9.17) is 0 Å². The molecule has 1 aromatic carbocycles. The molecule has 2 N–H and O–H groups in total. The number of hydrogen-bond donors (Lipinski definition) is 2. The fraction of sp³-hybridized carbons (Fsp3) is 0.308. The molecule has 0 amide bonds. The zero-order valence-corrected chi connectivity index (χ0v) is 9.75. The van der Waals surface area contributed by atoms with E-state index >= 15 is 0 Å². The minimum atomic E-state index is 0.967. The molecular weight excluding hydrogens is 212 g/mol. The van der Waals surface area contributed by atoms with E-state index < -0.39 is 0 Å². The van der Waals surface area contributed by atoms with Crippen molar-refractivity contribution in [3.63, 3.8) is 0 Å². The summed E-state index contributed by atoms with van der Waals surface area (Å²) in [6, 6.07) is 6.68. The summed E-state index contributed by atoms with van der Waals surface area (Å²) >= 11 is 0. The first-order valence-corrected chi connectivity index (χ1v) is 6.00. The minimum Gasteiger partial charge on any atom is -0.342 e. The van der Waals surface area contributed by atoms with Gasteiger partial charge in [0.2, 0.25) is 0 Å². The molecular formula is C13H14N4. The molecule has 3 aromatic rings. The second kappa shape index (κ2) is 3.11. The highest BCUT2D eigenvalue weighted by Gasteiger charge is 2.13. The van der Waals surface area contributed by atoms with E-state index in [1.807, 2.05) is 6.92 Å². The van der Waals surface area contributed by atoms with Gasteiger partial charge < -0.3 is 14.9 Å². The zero-order chi connectivity index (χ0) is 11.4. The van der Waals surface area contributed by atoms with Crippen molar-refractivity contribution in [2.45, 2.75) is 20.0 Å². The standard InChI is InChI=1S/C13H14N4/c1-8-15-11-5-9-4-10-7-14-2-3-17(10)13(9)6-12(11)16-8/h4-6,14H,2-3,7H2,1H3,(H,15,16). The minimum absolute atomic E-state index is 0.967. The molecule has 0 atom stereocenters. The van der Waals surface area contributed by atoms with Crippen LogP contribution in [-0.4, -0.2) is 21.1 Å². The Morgan fingerprint density at radius 2 is 2.24 bits per heavy atom. The lowest BCUT2D eigenvalue weighted by Gasteiger charge is -2.16. The largest absolute Gasteiger partial charge is 0.342 e. The summed E-state index contributed by atoms with van der Waals surface area (Å²) in [6.07, 6.45) is 0. The number of aromatic amines is 1. The predicted molar refractivity (Wildman–Crippen MR) is 68.0 cm³/mol. The molecule has 3 heterocycles. The molecule has 0 radical (unpaired) electrons. The molecule has 4 nitrogen and oxygen atoms in total. The van der Waals surface area contributed by atoms with Crippen LogP contribution in [0.15, 0.2) is 18.2 Å². The Morgan fingerprint density at radius 3 is 3.18 bits per heavy atom. The lowest BCUT2D eigenvalue weighted by atomic mass is 10.2. The fourth-order valence-electron chi connectivity index (χ4n) is 2.77. The first-order chi connectivity index (χ1) is 8.31. The van der Waals surface area contributed by atoms with Gasteiger partial charge in [-0.25, -0.2) is 4.98 Å². The van der Waals surface area contributed by atoms with Crippen LogP contribution in [0.2, 0.25) is 0 Å². The van der Waals surface area contributed by atoms with Crippen LogP contribution in [0.4, 0.5) is 0 Å². The third kappa shape index (κ3) is 1.24. The Morgan fingerprint density at radius 1 is 1.29 bits per heavy atom. The predicted octanol–water partition coefficient (Wildman–Crippen LogP) is 1.93. The highest BCUT2D eigenvalue weighted by molar-refractivity contribution is 5.94. The first-order valence-electron chi connectivity index (χ1n) is 6.00. The van der Waals surface area contributed by atoms with Gasteiger partial charge in [0, 0.05) is 30.7 Å². The van der Waals surface area contributed by atoms with Crippen molar-refractivity contribution in [1.82, 2.24) is 19.9 Å². The second-order valence-electron chi connectivity index (χ2n) is 4.71. The van der Waals surface area contributed by atoms with Crippen molar-refractivity contribution < 1.29 is 0 Å². The molecule has 0 spiro atoms. The van der Waals surface area contributed by atoms with Crippen LogP contribution in [0.25, 0.3) is 21.9 Å². The van der Waals surface area contributed by atoms with Gasteiger partial charge in [0.25, 0.3) is 0 Å². The van der Waals surface area contributed by atoms with E-state index in [1.54, 1.807) is 0 Å². The van der Waals surface area contributed by atoms with Crippen LogP contribution >= 0.6 is 0 Å². The lowest BCUT2D eigenvalue weighted by molar-refractivity contribution is 0.527. The number of hydrogen-bond acceptors (Lipinski definition) is 2. The first kappa shape index (κ1) is 9.24. The van der Waals surface area contributed by atoms with E-state index in [-0.39, 0.29) is 0 Å². The molecule has 17 heavy (non-hydrogen) atoms. The molecule has 0 saturated carbocycles. The van der Waals surface area contributed by atoms with Crippen LogP contribution < -0.4 is 5.32 Å². The van der Waals surface area contributed by atoms with Crippen LogP contribution in [0.1, 0.15) is 11.5 Å². The third-order valence-electron chi connectivity index (χ3n) is 3.53. The smallest absolute Gasteiger partial charge is 0.104 e. The number of rotatable bonds is 0. The molecule has 0 aliphatic carbocycles. The zero-order valence-electron chi connectivity index (χ0n) is 9.75. The maximum atomic E-state index is 4.51. The van der Waals surface area contributed by atoms with E-state index in [0.717, 1.165) is 36.5 Å². The molecule has 1 aliphatic rings. The molecule has 0 unspecified atom stereocenters. The molecule has 2 aromatic heterocycles. The van der Waals surface area contributed by atoms with Crippen LogP contribution in [-0.2, 0) is 13.1 Å². The normalized spacial score (nSPS) is 15.6. The average molecular weight is 226 g/mol. The molecule has 86 valence electrons. The highest BCUT2D eigenvalue weighted by Crippen LogP contribution is 2.25. The molecule has 0 fully saturated rings. The van der Waals surface area contributed by atoms with Crippen molar-refractivity contribution in [1.29, 1.82) is 0 Å². The van der Waals surface area contributed by atoms with Gasteiger partial charge in [0.05, 0.1) is 16.6 Å². The van der Waals surface area contributed by atoms with E-state index in [1.165, 1.54) is 16.6 Å². The van der Waals surface area contributed by atoms with E-state index in [0.29, 0.717) is 0 Å². The quantitative estimate of drug-likeness (QED) is 0.615. The average Bonchev–Trinajstić information content (AvgIpc) is 2.84. The van der Waals surface area contributed by atoms with Gasteiger partial charge in [-0.15, -0.1) is 0 Å². The van der Waals surface area contributed by atoms with Gasteiger partial charge in [-0.1, -0.05) is 0 Å². The van der Waals surface area contributed by atoms with E-state index in [9.17, 15) is 0 Å². The SMILES string of the molecule is Cc1nc2cc3c(cc4n3CCNC4)cc2[nH]1. The molecule has 1 aliphatic heterocycles. The summed E-state index contributed by atoms with van der Waals surface area (Å²) < 4.78 is 2.40. The summed E-state index contributed by atoms with van der Waals surface area (Å²) in [5, 5.41) is 4.71. The van der Waals surface area contributed by atoms with Gasteiger partial charge >= 0.3 is 0 Å². The summed E-state index contributed by atoms with van der Waals surface area (Å²) in [7, 11) is 0. The monoisotopic (exact) mass is 226 g/mol. The number of nitrogens with one attached hydrogen (secondary N) is 2. The Kier molecular flexibility index (Phi) is 1.69. The second-order valence-corrected chi connectivity index (χ2v) is 4.71. The number of aromatic nitrogens is 3. The summed E-state index contributed by atoms with van der Waals surface area (Å²) in [6.45, 7) is 5.06. The van der Waals surface area contributed by atoms with Crippen molar-refractivity contribution in [3.8, 4) is 0 Å². The number of fused-ring (bicyclic) bond motifs is 4. The number of aryl methyl sites for hydroxylation is 1. The molecule has 0 saturated heterocycles. The third-order valence-corrected chi connectivity index (χ3v) is 3.53. The van der Waals surface area contributed by atoms with Gasteiger partial charge in [-0.2, -0.15) is 0 Å². The Labute approximate surface area is 98.6 Å². The van der Waals surface area contributed by atoms with E-state index in [2.05, 4.69) is 38.1 Å². The van der Waals surface area contributed by atoms with Gasteiger partial charge in [-0.3, -0.25) is 0 Å². The van der Waals surface area contributed by atoms with Gasteiger partial charge in [0.1, 0.15) is 5.82 Å². The number of benzene rings is 1. The van der Waals surface area contributed by atoms with Crippen molar-refractivity contribution >= 4 is 21.9 Å². The number of nitrogens with zero attached hydrogens (tertiary/aromatic N) is 2. The Bertz CT molecular complexity index is 720. The Balaban J connectivity index is 2.10. The summed E-state index contributed by atoms with van der Waals surface area (Å²) in [5.74, 6) is 0.980. The maximum absolute atomic E-state index is 4.51. The van der Waals surface area contributed by atoms with Crippen molar-refractivity contribution in [2.75, 3.05) is 6.54 Å². The number of imidazole rings is 1. The lowest BCUT2D eigenvalue weighted by Crippen LogP contribution is -2.27. The topological polar surface area (TPSA) is 45.6 Å².